The van der Waals surface area contributed by atoms with Crippen LogP contribution in [0.1, 0.15) is 36.8 Å². The molecule has 2 aliphatic heterocycles. The second-order valence-electron chi connectivity index (χ2n) is 10.7. The number of nitrogens with zero attached hydrogens (tertiary/aromatic N) is 2. The Balaban J connectivity index is 1.31. The highest BCUT2D eigenvalue weighted by molar-refractivity contribution is 6.29. The lowest BCUT2D eigenvalue weighted by atomic mass is 9.99. The van der Waals surface area contributed by atoms with E-state index in [1.807, 2.05) is 85.8 Å². The predicted octanol–water partition coefficient (Wildman–Crippen LogP) is 8.70. The van der Waals surface area contributed by atoms with Gasteiger partial charge in [0.05, 0.1) is 5.69 Å². The Hall–Kier alpha value is -5.36. The van der Waals surface area contributed by atoms with Crippen molar-refractivity contribution in [1.82, 2.24) is 4.98 Å². The van der Waals surface area contributed by atoms with Crippen molar-refractivity contribution >= 4 is 33.9 Å². The van der Waals surface area contributed by atoms with Gasteiger partial charge in [0.2, 0.25) is 11.8 Å². The van der Waals surface area contributed by atoms with Gasteiger partial charge in [-0.25, -0.2) is 9.78 Å². The van der Waals surface area contributed by atoms with Crippen LogP contribution in [0.5, 0.6) is 5.75 Å². The smallest absolute Gasteiger partial charge is 0.349 e. The molecule has 0 amide bonds. The van der Waals surface area contributed by atoms with Crippen molar-refractivity contribution in [2.45, 2.75) is 26.7 Å². The van der Waals surface area contributed by atoms with Crippen molar-refractivity contribution in [2.24, 2.45) is 0 Å². The second kappa shape index (κ2) is 11.1. The SMILES string of the molecule is CCCCN1/C(=C/C=C2OC(=O)C(c3nc4cc(C)ccc4o3)=C2c2ccccc2)Oc2ccc(-c3ccccc3)cc21. The van der Waals surface area contributed by atoms with Crippen molar-refractivity contribution < 1.29 is 18.7 Å². The maximum atomic E-state index is 13.4. The molecular formula is C37H30N2O4. The Morgan fingerprint density at radius 2 is 1.56 bits per heavy atom. The van der Waals surface area contributed by atoms with Crippen molar-refractivity contribution in [3.63, 3.8) is 0 Å². The maximum absolute atomic E-state index is 13.4. The first-order chi connectivity index (χ1) is 21.1. The zero-order chi connectivity index (χ0) is 29.3. The minimum Gasteiger partial charge on any atom is -0.439 e. The quantitative estimate of drug-likeness (QED) is 0.184. The number of aryl methyl sites for hydroxylation is 1. The van der Waals surface area contributed by atoms with Crippen molar-refractivity contribution in [3.05, 3.63) is 138 Å². The zero-order valence-corrected chi connectivity index (χ0v) is 24.0. The number of hydrogen-bond donors (Lipinski definition) is 0. The van der Waals surface area contributed by atoms with Gasteiger partial charge in [0, 0.05) is 18.2 Å². The number of anilines is 1. The monoisotopic (exact) mass is 566 g/mol. The fraction of sp³-hybridized carbons (Fsp3) is 0.135. The summed E-state index contributed by atoms with van der Waals surface area (Å²) in [6, 6.07) is 32.1. The lowest BCUT2D eigenvalue weighted by Gasteiger charge is -2.18. The van der Waals surface area contributed by atoms with E-state index in [4.69, 9.17) is 13.9 Å². The van der Waals surface area contributed by atoms with Gasteiger partial charge in [-0.15, -0.1) is 0 Å². The molecule has 0 bridgehead atoms. The van der Waals surface area contributed by atoms with Crippen LogP contribution >= 0.6 is 0 Å². The molecule has 212 valence electrons. The number of carbonyl (C=O) groups excluding carboxylic acids is 1. The maximum Gasteiger partial charge on any atom is 0.349 e. The highest BCUT2D eigenvalue weighted by atomic mass is 16.5. The second-order valence-corrected chi connectivity index (χ2v) is 10.7. The van der Waals surface area contributed by atoms with Crippen LogP contribution < -0.4 is 9.64 Å². The van der Waals surface area contributed by atoms with E-state index in [-0.39, 0.29) is 5.89 Å². The molecule has 0 aliphatic carbocycles. The molecule has 43 heavy (non-hydrogen) atoms. The normalized spacial score (nSPS) is 16.3. The lowest BCUT2D eigenvalue weighted by Crippen LogP contribution is -2.21. The molecule has 0 atom stereocenters. The standard InChI is InChI=1S/C37H30N2O4/c1-3-4-21-39-29-23-27(25-11-7-5-8-12-25)16-18-31(29)41-33(39)20-19-32-34(26-13-9-6-10-14-26)35(37(40)43-32)36-38-28-22-24(2)15-17-30(28)42-36/h5-20,22-23H,3-4,21H2,1-2H3/b32-19?,33-20-. The fourth-order valence-corrected chi connectivity index (χ4v) is 5.50. The Morgan fingerprint density at radius 3 is 2.33 bits per heavy atom. The molecule has 2 aliphatic rings. The van der Waals surface area contributed by atoms with E-state index < -0.39 is 5.97 Å². The average molecular weight is 567 g/mol. The molecule has 0 spiro atoms. The summed E-state index contributed by atoms with van der Waals surface area (Å²) in [5.41, 5.74) is 7.43. The van der Waals surface area contributed by atoms with E-state index in [2.05, 4.69) is 41.1 Å². The van der Waals surface area contributed by atoms with Crippen LogP contribution in [0.25, 0.3) is 33.4 Å². The zero-order valence-electron chi connectivity index (χ0n) is 24.0. The molecule has 3 heterocycles. The Morgan fingerprint density at radius 1 is 0.791 bits per heavy atom. The van der Waals surface area contributed by atoms with E-state index >= 15 is 0 Å². The Kier molecular flexibility index (Phi) is 6.87. The summed E-state index contributed by atoms with van der Waals surface area (Å²) in [5.74, 6) is 1.62. The molecule has 0 saturated carbocycles. The molecule has 0 unspecified atom stereocenters. The van der Waals surface area contributed by atoms with Crippen LogP contribution in [0.2, 0.25) is 0 Å². The number of fused-ring (bicyclic) bond motifs is 2. The summed E-state index contributed by atoms with van der Waals surface area (Å²) in [7, 11) is 0. The van der Waals surface area contributed by atoms with Crippen LogP contribution in [0.4, 0.5) is 5.69 Å². The highest BCUT2D eigenvalue weighted by Crippen LogP contribution is 2.43. The van der Waals surface area contributed by atoms with Gasteiger partial charge in [0.1, 0.15) is 16.8 Å². The van der Waals surface area contributed by atoms with Crippen LogP contribution in [0, 0.1) is 6.92 Å². The number of esters is 1. The largest absolute Gasteiger partial charge is 0.439 e. The highest BCUT2D eigenvalue weighted by Gasteiger charge is 2.35. The molecule has 0 saturated heterocycles. The van der Waals surface area contributed by atoms with Crippen molar-refractivity contribution in [2.75, 3.05) is 11.4 Å². The minimum absolute atomic E-state index is 0.239. The summed E-state index contributed by atoms with van der Waals surface area (Å²) in [5, 5.41) is 0. The molecule has 7 rings (SSSR count). The third kappa shape index (κ3) is 5.01. The molecular weight excluding hydrogens is 536 g/mol. The number of benzene rings is 4. The van der Waals surface area contributed by atoms with E-state index in [0.29, 0.717) is 33.9 Å². The van der Waals surface area contributed by atoms with Crippen LogP contribution in [0.3, 0.4) is 0 Å². The van der Waals surface area contributed by atoms with E-state index in [1.54, 1.807) is 6.08 Å². The minimum atomic E-state index is -0.502. The first-order valence-corrected chi connectivity index (χ1v) is 14.6. The predicted molar refractivity (Wildman–Crippen MR) is 169 cm³/mol. The molecule has 5 aromatic rings. The van der Waals surface area contributed by atoms with Gasteiger partial charge in [-0.2, -0.15) is 0 Å². The van der Waals surface area contributed by atoms with Gasteiger partial charge in [-0.1, -0.05) is 86.1 Å². The van der Waals surface area contributed by atoms with Gasteiger partial charge in [0.15, 0.2) is 11.3 Å². The average Bonchev–Trinajstić information content (AvgIpc) is 3.71. The third-order valence-electron chi connectivity index (χ3n) is 7.67. The van der Waals surface area contributed by atoms with Gasteiger partial charge in [0.25, 0.3) is 0 Å². The van der Waals surface area contributed by atoms with E-state index in [9.17, 15) is 4.79 Å². The van der Waals surface area contributed by atoms with Crippen molar-refractivity contribution in [1.29, 1.82) is 0 Å². The van der Waals surface area contributed by atoms with Crippen LogP contribution in [0.15, 0.2) is 125 Å². The van der Waals surface area contributed by atoms with Gasteiger partial charge in [-0.3, -0.25) is 0 Å². The summed E-state index contributed by atoms with van der Waals surface area (Å²) in [4.78, 5) is 20.2. The third-order valence-corrected chi connectivity index (χ3v) is 7.67. The summed E-state index contributed by atoms with van der Waals surface area (Å²) >= 11 is 0. The van der Waals surface area contributed by atoms with Crippen LogP contribution in [-0.2, 0) is 9.53 Å². The first kappa shape index (κ1) is 26.5. The number of carbonyl (C=O) groups is 1. The van der Waals surface area contributed by atoms with E-state index in [0.717, 1.165) is 53.1 Å². The Labute approximate surface area is 250 Å². The summed E-state index contributed by atoms with van der Waals surface area (Å²) in [6.45, 7) is 4.97. The summed E-state index contributed by atoms with van der Waals surface area (Å²) in [6.07, 6.45) is 5.72. The number of rotatable bonds is 7. The number of unbranched alkanes of at least 4 members (excludes halogenated alkanes) is 1. The van der Waals surface area contributed by atoms with Gasteiger partial charge >= 0.3 is 5.97 Å². The van der Waals surface area contributed by atoms with Crippen LogP contribution in [-0.4, -0.2) is 17.5 Å². The number of allylic oxidation sites excluding steroid dienone is 3. The number of oxazole rings is 1. The Bertz CT molecular complexity index is 1930. The topological polar surface area (TPSA) is 64.8 Å². The van der Waals surface area contributed by atoms with Gasteiger partial charge in [-0.05, 0) is 65.9 Å². The molecule has 6 heteroatoms. The summed E-state index contributed by atoms with van der Waals surface area (Å²) < 4.78 is 18.3. The molecule has 0 radical (unpaired) electrons. The number of hydrogen-bond acceptors (Lipinski definition) is 6. The lowest BCUT2D eigenvalue weighted by molar-refractivity contribution is -0.131. The molecule has 1 aromatic heterocycles. The number of ether oxygens (including phenoxy) is 2. The molecule has 0 fully saturated rings. The first-order valence-electron chi connectivity index (χ1n) is 14.6. The number of aromatic nitrogens is 1. The molecule has 4 aromatic carbocycles. The number of cyclic esters (lactones) is 1. The molecule has 6 nitrogen and oxygen atoms in total. The van der Waals surface area contributed by atoms with Gasteiger partial charge < -0.3 is 18.8 Å². The van der Waals surface area contributed by atoms with Crippen molar-refractivity contribution in [3.8, 4) is 16.9 Å². The fourth-order valence-electron chi connectivity index (χ4n) is 5.50. The molecule has 0 N–H and O–H groups in total. The van der Waals surface area contributed by atoms with E-state index in [1.165, 1.54) is 0 Å².